The van der Waals surface area contributed by atoms with Gasteiger partial charge in [0.05, 0.1) is 10.6 Å². The molecule has 0 aliphatic carbocycles. The Morgan fingerprint density at radius 2 is 1.91 bits per heavy atom. The summed E-state index contributed by atoms with van der Waals surface area (Å²) in [6.07, 6.45) is 1.90. The van der Waals surface area contributed by atoms with Crippen LogP contribution in [0.1, 0.15) is 41.4 Å². The van der Waals surface area contributed by atoms with Gasteiger partial charge in [-0.15, -0.1) is 0 Å². The lowest BCUT2D eigenvalue weighted by atomic mass is 10.0. The molecule has 3 aromatic rings. The first kappa shape index (κ1) is 23.0. The van der Waals surface area contributed by atoms with Crippen LogP contribution in [0, 0.1) is 19.8 Å². The van der Waals surface area contributed by atoms with Crippen molar-refractivity contribution in [3.63, 3.8) is 0 Å². The second-order valence-electron chi connectivity index (χ2n) is 8.73. The average Bonchev–Trinajstić information content (AvgIpc) is 3.23. The molecule has 0 bridgehead atoms. The number of carbonyl (C=O) groups excluding carboxylic acids is 1. The minimum absolute atomic E-state index is 0.103. The fourth-order valence-electron chi connectivity index (χ4n) is 4.27. The third-order valence-corrected chi connectivity index (χ3v) is 7.79. The van der Waals surface area contributed by atoms with Crippen LogP contribution in [0.5, 0.6) is 5.75 Å². The minimum Gasteiger partial charge on any atom is -0.507 e. The molecule has 1 unspecified atom stereocenters. The molecule has 1 aromatic heterocycles. The third-order valence-electron chi connectivity index (χ3n) is 5.91. The van der Waals surface area contributed by atoms with E-state index in [-0.39, 0.29) is 16.3 Å². The molecule has 2 aromatic carbocycles. The number of rotatable bonds is 5. The van der Waals surface area contributed by atoms with Gasteiger partial charge in [0, 0.05) is 24.3 Å². The van der Waals surface area contributed by atoms with E-state index in [1.807, 2.05) is 19.9 Å². The number of aryl methyl sites for hydroxylation is 2. The Hall–Kier alpha value is -3.17. The highest BCUT2D eigenvalue weighted by molar-refractivity contribution is 7.89. The van der Waals surface area contributed by atoms with Crippen molar-refractivity contribution in [2.24, 2.45) is 5.92 Å². The van der Waals surface area contributed by atoms with E-state index in [0.29, 0.717) is 36.0 Å². The highest BCUT2D eigenvalue weighted by Crippen LogP contribution is 2.32. The summed E-state index contributed by atoms with van der Waals surface area (Å²) >= 11 is 0. The van der Waals surface area contributed by atoms with Crippen LogP contribution in [0.4, 0.5) is 5.69 Å². The number of H-pyrrole nitrogens is 1. The minimum atomic E-state index is -3.55. The monoisotopic (exact) mass is 468 g/mol. The van der Waals surface area contributed by atoms with Gasteiger partial charge in [-0.2, -0.15) is 9.40 Å². The second-order valence-corrected chi connectivity index (χ2v) is 10.7. The topological polar surface area (TPSA) is 115 Å². The molecule has 1 atom stereocenters. The van der Waals surface area contributed by atoms with E-state index in [4.69, 9.17) is 0 Å². The Labute approximate surface area is 193 Å². The van der Waals surface area contributed by atoms with Gasteiger partial charge in [0.2, 0.25) is 10.0 Å². The number of hydrogen-bond donors (Lipinski definition) is 3. The van der Waals surface area contributed by atoms with Gasteiger partial charge in [0.25, 0.3) is 5.91 Å². The lowest BCUT2D eigenvalue weighted by molar-refractivity contribution is 0.102. The molecule has 174 valence electrons. The van der Waals surface area contributed by atoms with Gasteiger partial charge in [-0.3, -0.25) is 9.89 Å². The third kappa shape index (κ3) is 4.79. The summed E-state index contributed by atoms with van der Waals surface area (Å²) in [6, 6.07) is 11.3. The fraction of sp³-hybridized carbons (Fsp3) is 0.333. The molecule has 0 saturated carbocycles. The molecule has 8 nitrogen and oxygen atoms in total. The highest BCUT2D eigenvalue weighted by Gasteiger charge is 2.28. The van der Waals surface area contributed by atoms with Gasteiger partial charge in [-0.05, 0) is 80.1 Å². The molecule has 4 rings (SSSR count). The summed E-state index contributed by atoms with van der Waals surface area (Å²) in [4.78, 5) is 12.9. The number of hydrogen-bond acceptors (Lipinski definition) is 5. The van der Waals surface area contributed by atoms with E-state index in [9.17, 15) is 18.3 Å². The van der Waals surface area contributed by atoms with Crippen LogP contribution in [0.15, 0.2) is 47.4 Å². The zero-order chi connectivity index (χ0) is 23.8. The van der Waals surface area contributed by atoms with Gasteiger partial charge >= 0.3 is 0 Å². The Balaban J connectivity index is 1.48. The van der Waals surface area contributed by atoms with Gasteiger partial charge in [0.1, 0.15) is 11.4 Å². The van der Waals surface area contributed by atoms with Gasteiger partial charge in [-0.1, -0.05) is 13.0 Å². The summed E-state index contributed by atoms with van der Waals surface area (Å²) in [6.45, 7) is 6.88. The van der Waals surface area contributed by atoms with Crippen molar-refractivity contribution in [3.8, 4) is 17.0 Å². The van der Waals surface area contributed by atoms with E-state index < -0.39 is 15.9 Å². The van der Waals surface area contributed by atoms with E-state index >= 15 is 0 Å². The number of carbonyl (C=O) groups is 1. The Morgan fingerprint density at radius 1 is 1.18 bits per heavy atom. The fourth-order valence-corrected chi connectivity index (χ4v) is 5.87. The van der Waals surface area contributed by atoms with Crippen LogP contribution < -0.4 is 5.32 Å². The number of aromatic nitrogens is 2. The molecule has 2 heterocycles. The van der Waals surface area contributed by atoms with Crippen molar-refractivity contribution in [1.82, 2.24) is 14.5 Å². The molecule has 33 heavy (non-hydrogen) atoms. The van der Waals surface area contributed by atoms with Crippen LogP contribution in [-0.4, -0.2) is 47.0 Å². The van der Waals surface area contributed by atoms with Crippen molar-refractivity contribution in [1.29, 1.82) is 0 Å². The number of nitrogens with zero attached hydrogens (tertiary/aromatic N) is 2. The van der Waals surface area contributed by atoms with Crippen LogP contribution in [-0.2, 0) is 10.0 Å². The number of benzene rings is 2. The number of anilines is 1. The number of phenols is 1. The molecule has 0 radical (unpaired) electrons. The molecule has 9 heteroatoms. The first-order valence-corrected chi connectivity index (χ1v) is 12.4. The maximum Gasteiger partial charge on any atom is 0.273 e. The average molecular weight is 469 g/mol. The van der Waals surface area contributed by atoms with Crippen molar-refractivity contribution in [2.75, 3.05) is 18.4 Å². The van der Waals surface area contributed by atoms with Crippen LogP contribution in [0.25, 0.3) is 11.3 Å². The number of nitrogens with one attached hydrogen (secondary N) is 2. The first-order valence-electron chi connectivity index (χ1n) is 10.9. The molecule has 0 spiro atoms. The largest absolute Gasteiger partial charge is 0.507 e. The lowest BCUT2D eigenvalue weighted by Crippen LogP contribution is -2.39. The predicted molar refractivity (Wildman–Crippen MR) is 127 cm³/mol. The van der Waals surface area contributed by atoms with Crippen LogP contribution in [0.2, 0.25) is 0 Å². The Bertz CT molecular complexity index is 1260. The molecule has 3 N–H and O–H groups in total. The van der Waals surface area contributed by atoms with Gasteiger partial charge in [0.15, 0.2) is 0 Å². The van der Waals surface area contributed by atoms with E-state index in [1.54, 1.807) is 24.3 Å². The smallest absolute Gasteiger partial charge is 0.273 e. The predicted octanol–water partition coefficient (Wildman–Crippen LogP) is 4.07. The molecular weight excluding hydrogens is 440 g/mol. The summed E-state index contributed by atoms with van der Waals surface area (Å²) in [5, 5.41) is 19.9. The second kappa shape index (κ2) is 8.99. The van der Waals surface area contributed by atoms with Crippen molar-refractivity contribution >= 4 is 21.6 Å². The van der Waals surface area contributed by atoms with E-state index in [1.165, 1.54) is 16.4 Å². The Kier molecular flexibility index (Phi) is 6.27. The summed E-state index contributed by atoms with van der Waals surface area (Å²) in [5.41, 5.74) is 3.51. The maximum atomic E-state index is 12.9. The molecule has 1 fully saturated rings. The maximum absolute atomic E-state index is 12.9. The summed E-state index contributed by atoms with van der Waals surface area (Å²) < 4.78 is 27.3. The summed E-state index contributed by atoms with van der Waals surface area (Å²) in [5.74, 6) is 0.0290. The van der Waals surface area contributed by atoms with Crippen LogP contribution >= 0.6 is 0 Å². The highest BCUT2D eigenvalue weighted by atomic mass is 32.2. The lowest BCUT2D eigenvalue weighted by Gasteiger charge is -2.30. The number of piperidine rings is 1. The zero-order valence-corrected chi connectivity index (χ0v) is 19.7. The number of amides is 1. The van der Waals surface area contributed by atoms with E-state index in [2.05, 4.69) is 22.4 Å². The number of aromatic amines is 1. The standard InChI is InChI=1S/C24H28N4O4S/c1-15-5-4-10-28(14-15)33(31,32)19-8-6-18(7-9-19)25-24(30)21-13-20(26-27-21)23-17(3)11-16(2)12-22(23)29/h6-9,11-13,15,29H,4-5,10,14H2,1-3H3,(H,25,30)(H,26,27). The number of phenolic OH excluding ortho intramolecular Hbond substituents is 1. The molecule has 1 amide bonds. The number of sulfonamides is 1. The van der Waals surface area contributed by atoms with Crippen molar-refractivity contribution < 1.29 is 18.3 Å². The van der Waals surface area contributed by atoms with Gasteiger partial charge < -0.3 is 10.4 Å². The molecular formula is C24H28N4O4S. The SMILES string of the molecule is Cc1cc(C)c(-c2cc(C(=O)Nc3ccc(S(=O)(=O)N4CCCC(C)C4)cc3)[nH]n2)c(O)c1. The quantitative estimate of drug-likeness (QED) is 0.522. The van der Waals surface area contributed by atoms with Crippen molar-refractivity contribution in [3.05, 3.63) is 59.3 Å². The Morgan fingerprint density at radius 3 is 2.58 bits per heavy atom. The molecule has 1 aliphatic rings. The normalized spacial score (nSPS) is 17.1. The molecule has 1 saturated heterocycles. The van der Waals surface area contributed by atoms with E-state index in [0.717, 1.165) is 24.0 Å². The number of aromatic hydroxyl groups is 1. The zero-order valence-electron chi connectivity index (χ0n) is 18.9. The first-order chi connectivity index (χ1) is 15.6. The van der Waals surface area contributed by atoms with Gasteiger partial charge in [-0.25, -0.2) is 8.42 Å². The van der Waals surface area contributed by atoms with Crippen molar-refractivity contribution in [2.45, 2.75) is 38.5 Å². The summed E-state index contributed by atoms with van der Waals surface area (Å²) in [7, 11) is -3.55. The van der Waals surface area contributed by atoms with Crippen LogP contribution in [0.3, 0.4) is 0 Å². The molecule has 1 aliphatic heterocycles.